The molecule has 3 atom stereocenters. The van der Waals surface area contributed by atoms with E-state index in [-0.39, 0.29) is 5.91 Å². The molecule has 2 saturated heterocycles. The number of carbonyl (C=O) groups excluding carboxylic acids is 1. The molecule has 2 bridgehead atoms. The van der Waals surface area contributed by atoms with Crippen molar-refractivity contribution >= 4 is 16.9 Å². The second-order valence-electron chi connectivity index (χ2n) is 5.56. The maximum absolute atomic E-state index is 12.3. The molecule has 3 unspecified atom stereocenters. The van der Waals surface area contributed by atoms with Gasteiger partial charge in [0.1, 0.15) is 5.58 Å². The summed E-state index contributed by atoms with van der Waals surface area (Å²) in [6, 6.07) is 7.82. The SMILES string of the molecule is O=C(NC1CN2CCC1C2)c1ccc2ccoc2c1. The Hall–Kier alpha value is -1.81. The molecular formula is C15H16N2O2. The van der Waals surface area contributed by atoms with Gasteiger partial charge in [-0.1, -0.05) is 6.07 Å². The molecule has 2 aliphatic rings. The highest BCUT2D eigenvalue weighted by molar-refractivity contribution is 5.97. The van der Waals surface area contributed by atoms with Crippen LogP contribution >= 0.6 is 0 Å². The Balaban J connectivity index is 1.53. The molecule has 1 N–H and O–H groups in total. The number of nitrogens with zero attached hydrogens (tertiary/aromatic N) is 1. The topological polar surface area (TPSA) is 45.5 Å². The standard InChI is InChI=1S/C15H16N2O2/c18-15(16-13-9-17-5-3-12(13)8-17)11-2-1-10-4-6-19-14(10)7-11/h1-2,4,6-7,12-13H,3,5,8-9H2,(H,16,18). The van der Waals surface area contributed by atoms with Gasteiger partial charge in [0.2, 0.25) is 0 Å². The fourth-order valence-corrected chi connectivity index (χ4v) is 3.30. The third kappa shape index (κ3) is 1.83. The summed E-state index contributed by atoms with van der Waals surface area (Å²) in [5, 5.41) is 4.19. The van der Waals surface area contributed by atoms with Crippen LogP contribution in [0.5, 0.6) is 0 Å². The lowest BCUT2D eigenvalue weighted by Crippen LogP contribution is -2.43. The Kier molecular flexibility index (Phi) is 2.38. The lowest BCUT2D eigenvalue weighted by atomic mass is 9.99. The molecule has 4 rings (SSSR count). The summed E-state index contributed by atoms with van der Waals surface area (Å²) in [5.74, 6) is 0.647. The van der Waals surface area contributed by atoms with Gasteiger partial charge >= 0.3 is 0 Å². The third-order valence-electron chi connectivity index (χ3n) is 4.37. The predicted molar refractivity (Wildman–Crippen MR) is 72.0 cm³/mol. The molecule has 0 saturated carbocycles. The number of amides is 1. The van der Waals surface area contributed by atoms with Gasteiger partial charge < -0.3 is 14.6 Å². The zero-order valence-electron chi connectivity index (χ0n) is 10.6. The van der Waals surface area contributed by atoms with Crippen molar-refractivity contribution in [3.8, 4) is 0 Å². The van der Waals surface area contributed by atoms with Crippen molar-refractivity contribution in [3.63, 3.8) is 0 Å². The van der Waals surface area contributed by atoms with Crippen LogP contribution in [0.15, 0.2) is 34.9 Å². The number of rotatable bonds is 2. The number of piperidine rings is 1. The van der Waals surface area contributed by atoms with Gasteiger partial charge in [0.25, 0.3) is 5.91 Å². The molecule has 1 aromatic heterocycles. The maximum atomic E-state index is 12.3. The summed E-state index contributed by atoms with van der Waals surface area (Å²) in [4.78, 5) is 14.7. The third-order valence-corrected chi connectivity index (χ3v) is 4.37. The first-order chi connectivity index (χ1) is 9.29. The van der Waals surface area contributed by atoms with Crippen LogP contribution in [0.4, 0.5) is 0 Å². The van der Waals surface area contributed by atoms with Crippen molar-refractivity contribution in [1.82, 2.24) is 10.2 Å². The van der Waals surface area contributed by atoms with Crippen LogP contribution in [-0.2, 0) is 0 Å². The minimum atomic E-state index is 0.0112. The van der Waals surface area contributed by atoms with Crippen LogP contribution in [0, 0.1) is 5.92 Å². The van der Waals surface area contributed by atoms with Crippen molar-refractivity contribution in [1.29, 1.82) is 0 Å². The summed E-state index contributed by atoms with van der Waals surface area (Å²) >= 11 is 0. The van der Waals surface area contributed by atoms with Gasteiger partial charge in [-0.3, -0.25) is 4.79 Å². The molecule has 1 aromatic carbocycles. The number of carbonyl (C=O) groups is 1. The fourth-order valence-electron chi connectivity index (χ4n) is 3.30. The summed E-state index contributed by atoms with van der Waals surface area (Å²) < 4.78 is 5.34. The molecular weight excluding hydrogens is 240 g/mol. The molecule has 3 heterocycles. The fraction of sp³-hybridized carbons (Fsp3) is 0.400. The molecule has 19 heavy (non-hydrogen) atoms. The van der Waals surface area contributed by atoms with E-state index in [9.17, 15) is 4.79 Å². The highest BCUT2D eigenvalue weighted by Gasteiger charge is 2.38. The van der Waals surface area contributed by atoms with Crippen molar-refractivity contribution in [3.05, 3.63) is 36.1 Å². The van der Waals surface area contributed by atoms with Crippen LogP contribution in [0.3, 0.4) is 0 Å². The van der Waals surface area contributed by atoms with Crippen molar-refractivity contribution in [2.75, 3.05) is 19.6 Å². The monoisotopic (exact) mass is 256 g/mol. The van der Waals surface area contributed by atoms with E-state index < -0.39 is 0 Å². The van der Waals surface area contributed by atoms with E-state index in [1.54, 1.807) is 6.26 Å². The zero-order chi connectivity index (χ0) is 12.8. The molecule has 4 heteroatoms. The normalized spacial score (nSPS) is 28.9. The Labute approximate surface area is 111 Å². The Morgan fingerprint density at radius 3 is 3.05 bits per heavy atom. The van der Waals surface area contributed by atoms with Gasteiger partial charge in [0, 0.05) is 30.1 Å². The molecule has 2 aromatic rings. The second kappa shape index (κ2) is 4.10. The van der Waals surface area contributed by atoms with Crippen LogP contribution < -0.4 is 5.32 Å². The Bertz CT molecular complexity index is 634. The molecule has 0 aliphatic carbocycles. The minimum absolute atomic E-state index is 0.0112. The first-order valence-corrected chi connectivity index (χ1v) is 6.80. The van der Waals surface area contributed by atoms with Crippen LogP contribution in [0.2, 0.25) is 0 Å². The van der Waals surface area contributed by atoms with Crippen molar-refractivity contribution < 1.29 is 9.21 Å². The lowest BCUT2D eigenvalue weighted by molar-refractivity contribution is 0.0924. The molecule has 0 radical (unpaired) electrons. The maximum Gasteiger partial charge on any atom is 0.251 e. The highest BCUT2D eigenvalue weighted by Crippen LogP contribution is 2.28. The zero-order valence-corrected chi connectivity index (χ0v) is 10.6. The largest absolute Gasteiger partial charge is 0.464 e. The molecule has 2 aliphatic heterocycles. The number of furan rings is 1. The lowest BCUT2D eigenvalue weighted by Gasteiger charge is -2.23. The molecule has 98 valence electrons. The first-order valence-electron chi connectivity index (χ1n) is 6.80. The van der Waals surface area contributed by atoms with Gasteiger partial charge in [-0.2, -0.15) is 0 Å². The summed E-state index contributed by atoms with van der Waals surface area (Å²) in [6.45, 7) is 3.33. The smallest absolute Gasteiger partial charge is 0.251 e. The average Bonchev–Trinajstić information content (AvgIpc) is 3.13. The number of fused-ring (bicyclic) bond motifs is 3. The Morgan fingerprint density at radius 1 is 1.32 bits per heavy atom. The number of hydrogen-bond acceptors (Lipinski definition) is 3. The van der Waals surface area contributed by atoms with Crippen molar-refractivity contribution in [2.45, 2.75) is 12.5 Å². The van der Waals surface area contributed by atoms with Crippen molar-refractivity contribution in [2.24, 2.45) is 5.92 Å². The van der Waals surface area contributed by atoms with E-state index in [1.165, 1.54) is 13.0 Å². The van der Waals surface area contributed by atoms with Gasteiger partial charge in [-0.05, 0) is 37.1 Å². The van der Waals surface area contributed by atoms with E-state index in [2.05, 4.69) is 10.2 Å². The molecule has 2 fully saturated rings. The van der Waals surface area contributed by atoms with E-state index in [1.807, 2.05) is 24.3 Å². The molecule has 0 spiro atoms. The van der Waals surface area contributed by atoms with Crippen LogP contribution in [0.1, 0.15) is 16.8 Å². The van der Waals surface area contributed by atoms with E-state index in [4.69, 9.17) is 4.42 Å². The first kappa shape index (κ1) is 11.1. The van der Waals surface area contributed by atoms with E-state index >= 15 is 0 Å². The Morgan fingerprint density at radius 2 is 2.26 bits per heavy atom. The van der Waals surface area contributed by atoms with E-state index in [0.717, 1.165) is 24.1 Å². The van der Waals surface area contributed by atoms with E-state index in [0.29, 0.717) is 17.5 Å². The van der Waals surface area contributed by atoms with Crippen LogP contribution in [0.25, 0.3) is 11.0 Å². The van der Waals surface area contributed by atoms with Gasteiger partial charge in [-0.15, -0.1) is 0 Å². The molecule has 4 nitrogen and oxygen atoms in total. The quantitative estimate of drug-likeness (QED) is 0.892. The highest BCUT2D eigenvalue weighted by atomic mass is 16.3. The summed E-state index contributed by atoms with van der Waals surface area (Å²) in [5.41, 5.74) is 1.45. The summed E-state index contributed by atoms with van der Waals surface area (Å²) in [6.07, 6.45) is 2.86. The van der Waals surface area contributed by atoms with Gasteiger partial charge in [0.15, 0.2) is 0 Å². The number of benzene rings is 1. The number of hydrogen-bond donors (Lipinski definition) is 1. The summed E-state index contributed by atoms with van der Waals surface area (Å²) in [7, 11) is 0. The number of nitrogens with one attached hydrogen (secondary N) is 1. The van der Waals surface area contributed by atoms with Gasteiger partial charge in [-0.25, -0.2) is 0 Å². The molecule has 1 amide bonds. The average molecular weight is 256 g/mol. The second-order valence-corrected chi connectivity index (χ2v) is 5.56. The van der Waals surface area contributed by atoms with Gasteiger partial charge in [0.05, 0.1) is 6.26 Å². The van der Waals surface area contributed by atoms with Crippen LogP contribution in [-0.4, -0.2) is 36.5 Å². The minimum Gasteiger partial charge on any atom is -0.464 e. The predicted octanol–water partition coefficient (Wildman–Crippen LogP) is 1.87.